The van der Waals surface area contributed by atoms with E-state index in [-0.39, 0.29) is 24.8 Å². The minimum atomic E-state index is -0.274. The third-order valence-corrected chi connectivity index (χ3v) is 7.69. The van der Waals surface area contributed by atoms with E-state index in [4.69, 9.17) is 9.47 Å². The molecule has 2 aliphatic heterocycles. The van der Waals surface area contributed by atoms with Gasteiger partial charge in [-0.2, -0.15) is 0 Å². The quantitative estimate of drug-likeness (QED) is 0.267. The summed E-state index contributed by atoms with van der Waals surface area (Å²) in [5, 5.41) is 2.52. The second kappa shape index (κ2) is 9.51. The predicted molar refractivity (Wildman–Crippen MR) is 150 cm³/mol. The summed E-state index contributed by atoms with van der Waals surface area (Å²) in [6.45, 7) is 1.28. The molecule has 1 amide bonds. The first-order valence-electron chi connectivity index (χ1n) is 13.1. The Kier molecular flexibility index (Phi) is 5.71. The summed E-state index contributed by atoms with van der Waals surface area (Å²) in [7, 11) is 0. The maximum absolute atomic E-state index is 13.0. The van der Waals surface area contributed by atoms with Gasteiger partial charge in [0.05, 0.1) is 36.3 Å². The summed E-state index contributed by atoms with van der Waals surface area (Å²) in [6, 6.07) is 35.5. The average molecular weight is 501 g/mol. The first-order valence-corrected chi connectivity index (χ1v) is 13.1. The summed E-state index contributed by atoms with van der Waals surface area (Å²) in [5.74, 6) is 0. The van der Waals surface area contributed by atoms with Crippen molar-refractivity contribution >= 4 is 33.5 Å². The molecule has 5 heteroatoms. The Hall–Kier alpha value is -4.35. The highest BCUT2D eigenvalue weighted by molar-refractivity contribution is 6.09. The van der Waals surface area contributed by atoms with Crippen LogP contribution in [-0.4, -0.2) is 40.9 Å². The first kappa shape index (κ1) is 22.8. The van der Waals surface area contributed by atoms with E-state index in [2.05, 4.69) is 83.4 Å². The standard InChI is InChI=1S/C33H28N2O3/c36-33(38-20-23-8-2-1-3-9-23)34-27-18-25(19-28(34)22-37-21-27)24-14-16-26(17-15-24)35-31-12-6-4-10-29(31)30-11-5-7-13-32(30)35/h1-18,27-28H,19-22H2. The number of benzene rings is 4. The Morgan fingerprint density at radius 3 is 2.13 bits per heavy atom. The Bertz CT molecular complexity index is 1600. The van der Waals surface area contributed by atoms with Gasteiger partial charge in [-0.1, -0.05) is 84.9 Å². The van der Waals surface area contributed by atoms with Gasteiger partial charge in [0.15, 0.2) is 0 Å². The van der Waals surface area contributed by atoms with E-state index in [1.54, 1.807) is 0 Å². The van der Waals surface area contributed by atoms with Gasteiger partial charge in [0.2, 0.25) is 0 Å². The van der Waals surface area contributed by atoms with Crippen molar-refractivity contribution in [3.8, 4) is 5.69 Å². The molecule has 0 spiro atoms. The number of hydrogen-bond donors (Lipinski definition) is 0. The second-order valence-corrected chi connectivity index (χ2v) is 10.0. The molecule has 4 aromatic carbocycles. The summed E-state index contributed by atoms with van der Waals surface area (Å²) < 4.78 is 13.8. The monoisotopic (exact) mass is 500 g/mol. The molecule has 3 heterocycles. The van der Waals surface area contributed by atoms with Gasteiger partial charge in [-0.25, -0.2) is 4.79 Å². The van der Waals surface area contributed by atoms with Crippen molar-refractivity contribution in [1.82, 2.24) is 9.47 Å². The zero-order valence-corrected chi connectivity index (χ0v) is 21.0. The fourth-order valence-corrected chi connectivity index (χ4v) is 5.91. The topological polar surface area (TPSA) is 43.7 Å². The highest BCUT2D eigenvalue weighted by Crippen LogP contribution is 2.35. The van der Waals surface area contributed by atoms with E-state index in [1.807, 2.05) is 35.2 Å². The van der Waals surface area contributed by atoms with Gasteiger partial charge >= 0.3 is 6.09 Å². The molecule has 0 N–H and O–H groups in total. The minimum Gasteiger partial charge on any atom is -0.445 e. The van der Waals surface area contributed by atoms with E-state index in [0.29, 0.717) is 13.2 Å². The van der Waals surface area contributed by atoms with Crippen molar-refractivity contribution in [3.05, 3.63) is 120 Å². The van der Waals surface area contributed by atoms with E-state index < -0.39 is 0 Å². The molecule has 2 unspecified atom stereocenters. The Labute approximate surface area is 221 Å². The molecule has 38 heavy (non-hydrogen) atoms. The summed E-state index contributed by atoms with van der Waals surface area (Å²) in [6.07, 6.45) is 2.64. The lowest BCUT2D eigenvalue weighted by Crippen LogP contribution is -2.56. The van der Waals surface area contributed by atoms with Crippen molar-refractivity contribution < 1.29 is 14.3 Å². The van der Waals surface area contributed by atoms with Crippen LogP contribution in [0.1, 0.15) is 17.5 Å². The van der Waals surface area contributed by atoms with Crippen LogP contribution in [0.5, 0.6) is 0 Å². The molecule has 2 aliphatic rings. The van der Waals surface area contributed by atoms with Crippen LogP contribution in [0, 0.1) is 0 Å². The van der Waals surface area contributed by atoms with Crippen LogP contribution in [0.4, 0.5) is 4.79 Å². The van der Waals surface area contributed by atoms with Gasteiger partial charge in [-0.3, -0.25) is 4.90 Å². The summed E-state index contributed by atoms with van der Waals surface area (Å²) in [4.78, 5) is 14.9. The lowest BCUT2D eigenvalue weighted by atomic mass is 9.90. The second-order valence-electron chi connectivity index (χ2n) is 10.0. The number of hydrogen-bond acceptors (Lipinski definition) is 3. The third kappa shape index (κ3) is 3.96. The Morgan fingerprint density at radius 1 is 0.789 bits per heavy atom. The Morgan fingerprint density at radius 2 is 1.45 bits per heavy atom. The highest BCUT2D eigenvalue weighted by atomic mass is 16.6. The number of morpholine rings is 1. The number of ether oxygens (including phenoxy) is 2. The third-order valence-electron chi connectivity index (χ3n) is 7.69. The molecule has 2 bridgehead atoms. The first-order chi connectivity index (χ1) is 18.8. The van der Waals surface area contributed by atoms with Crippen LogP contribution in [-0.2, 0) is 16.1 Å². The zero-order valence-electron chi connectivity index (χ0n) is 21.0. The fourth-order valence-electron chi connectivity index (χ4n) is 5.91. The molecule has 0 radical (unpaired) electrons. The minimum absolute atomic E-state index is 0.0333. The molecule has 188 valence electrons. The van der Waals surface area contributed by atoms with E-state index in [9.17, 15) is 4.79 Å². The SMILES string of the molecule is O=C(OCc1ccccc1)N1C2C=C(c3ccc(-n4c5ccccc5c5ccccc54)cc3)CC1COC2. The van der Waals surface area contributed by atoms with Gasteiger partial charge in [-0.05, 0) is 47.4 Å². The molecule has 0 saturated carbocycles. The maximum Gasteiger partial charge on any atom is 0.411 e. The van der Waals surface area contributed by atoms with Crippen molar-refractivity contribution in [1.29, 1.82) is 0 Å². The van der Waals surface area contributed by atoms with Crippen molar-refractivity contribution in [2.75, 3.05) is 13.2 Å². The van der Waals surface area contributed by atoms with Crippen molar-refractivity contribution in [3.63, 3.8) is 0 Å². The smallest absolute Gasteiger partial charge is 0.411 e. The van der Waals surface area contributed by atoms with E-state index in [0.717, 1.165) is 17.7 Å². The molecule has 0 aliphatic carbocycles. The molecule has 1 aromatic heterocycles. The number of aromatic nitrogens is 1. The van der Waals surface area contributed by atoms with Crippen LogP contribution in [0.15, 0.2) is 109 Å². The van der Waals surface area contributed by atoms with Crippen LogP contribution < -0.4 is 0 Å². The van der Waals surface area contributed by atoms with E-state index >= 15 is 0 Å². The number of carbonyl (C=O) groups excluding carboxylic acids is 1. The highest BCUT2D eigenvalue weighted by Gasteiger charge is 2.39. The van der Waals surface area contributed by atoms with Gasteiger partial charge in [0.1, 0.15) is 6.61 Å². The maximum atomic E-state index is 13.0. The normalized spacial score (nSPS) is 18.9. The summed E-state index contributed by atoms with van der Waals surface area (Å²) >= 11 is 0. The number of para-hydroxylation sites is 2. The van der Waals surface area contributed by atoms with Gasteiger partial charge in [-0.15, -0.1) is 0 Å². The molecule has 5 nitrogen and oxygen atoms in total. The Balaban J connectivity index is 1.16. The van der Waals surface area contributed by atoms with Crippen LogP contribution in [0.2, 0.25) is 0 Å². The molecular formula is C33H28N2O3. The van der Waals surface area contributed by atoms with E-state index in [1.165, 1.54) is 32.9 Å². The number of rotatable bonds is 4. The van der Waals surface area contributed by atoms with Gasteiger partial charge in [0.25, 0.3) is 0 Å². The van der Waals surface area contributed by atoms with Crippen LogP contribution in [0.25, 0.3) is 33.1 Å². The fraction of sp³-hybridized carbons (Fsp3) is 0.182. The summed E-state index contributed by atoms with van der Waals surface area (Å²) in [5.41, 5.74) is 6.97. The van der Waals surface area contributed by atoms with Crippen molar-refractivity contribution in [2.45, 2.75) is 25.1 Å². The molecule has 1 saturated heterocycles. The molecular weight excluding hydrogens is 472 g/mol. The molecule has 5 aromatic rings. The van der Waals surface area contributed by atoms with Crippen molar-refractivity contribution in [2.24, 2.45) is 0 Å². The number of fused-ring (bicyclic) bond motifs is 5. The van der Waals surface area contributed by atoms with Gasteiger partial charge in [0, 0.05) is 16.5 Å². The molecule has 7 rings (SSSR count). The zero-order chi connectivity index (χ0) is 25.5. The lowest BCUT2D eigenvalue weighted by Gasteiger charge is -2.43. The number of carbonyl (C=O) groups is 1. The van der Waals surface area contributed by atoms with Crippen LogP contribution >= 0.6 is 0 Å². The average Bonchev–Trinajstić information content (AvgIpc) is 3.30. The largest absolute Gasteiger partial charge is 0.445 e. The molecule has 2 atom stereocenters. The van der Waals surface area contributed by atoms with Crippen LogP contribution in [0.3, 0.4) is 0 Å². The molecule has 1 fully saturated rings. The lowest BCUT2D eigenvalue weighted by molar-refractivity contribution is -0.0342. The number of amides is 1. The number of nitrogens with zero attached hydrogens (tertiary/aromatic N) is 2. The predicted octanol–water partition coefficient (Wildman–Crippen LogP) is 6.98. The van der Waals surface area contributed by atoms with Gasteiger partial charge < -0.3 is 14.0 Å².